The molecule has 4 aromatic rings. The standard InChI is InChI=1S/C21H14F6N4O3/c1-11(14-5-4-12(20(22,23)24)7-15(14)21(25,26)27)31-10-13(9-28-31)29-19(32)16-8-18(34-30-16)17-3-2-6-33-17/h2-11H,1H3,(H,29,32). The van der Waals surface area contributed by atoms with E-state index >= 15 is 0 Å². The summed E-state index contributed by atoms with van der Waals surface area (Å²) in [7, 11) is 0. The predicted octanol–water partition coefficient (Wildman–Crippen LogP) is 6.03. The first-order valence-corrected chi connectivity index (χ1v) is 9.58. The van der Waals surface area contributed by atoms with Gasteiger partial charge in [-0.15, -0.1) is 0 Å². The first-order chi connectivity index (χ1) is 15.9. The average Bonchev–Trinajstić information content (AvgIpc) is 3.52. The van der Waals surface area contributed by atoms with Gasteiger partial charge in [0.15, 0.2) is 11.5 Å². The molecule has 0 spiro atoms. The van der Waals surface area contributed by atoms with Crippen LogP contribution in [0.5, 0.6) is 0 Å². The summed E-state index contributed by atoms with van der Waals surface area (Å²) in [6, 6.07) is 4.87. The molecule has 3 aromatic heterocycles. The highest BCUT2D eigenvalue weighted by Gasteiger charge is 2.39. The molecule has 1 amide bonds. The van der Waals surface area contributed by atoms with Gasteiger partial charge in [0.1, 0.15) is 0 Å². The molecule has 0 fully saturated rings. The highest BCUT2D eigenvalue weighted by molar-refractivity contribution is 6.03. The van der Waals surface area contributed by atoms with Crippen molar-refractivity contribution in [2.24, 2.45) is 0 Å². The minimum absolute atomic E-state index is 0.0687. The molecule has 1 N–H and O–H groups in total. The number of carbonyl (C=O) groups excluding carboxylic acids is 1. The van der Waals surface area contributed by atoms with E-state index in [1.165, 1.54) is 31.6 Å². The monoisotopic (exact) mass is 484 g/mol. The van der Waals surface area contributed by atoms with Crippen LogP contribution in [0.2, 0.25) is 0 Å². The van der Waals surface area contributed by atoms with Crippen LogP contribution in [0.3, 0.4) is 0 Å². The van der Waals surface area contributed by atoms with Crippen molar-refractivity contribution in [1.29, 1.82) is 0 Å². The van der Waals surface area contributed by atoms with E-state index in [1.807, 2.05) is 0 Å². The SMILES string of the molecule is CC(c1ccc(C(F)(F)F)cc1C(F)(F)F)n1cc(NC(=O)c2cc(-c3ccco3)on2)cn1. The smallest absolute Gasteiger partial charge is 0.416 e. The van der Waals surface area contributed by atoms with E-state index in [0.29, 0.717) is 11.8 Å². The Morgan fingerprint density at radius 2 is 1.82 bits per heavy atom. The lowest BCUT2D eigenvalue weighted by Crippen LogP contribution is -2.17. The zero-order chi connectivity index (χ0) is 24.7. The van der Waals surface area contributed by atoms with Crippen molar-refractivity contribution < 1.29 is 40.1 Å². The molecule has 1 aromatic carbocycles. The van der Waals surface area contributed by atoms with Crippen LogP contribution in [0, 0.1) is 0 Å². The molecule has 0 aliphatic carbocycles. The molecule has 3 heterocycles. The summed E-state index contributed by atoms with van der Waals surface area (Å²) in [6.45, 7) is 1.34. The van der Waals surface area contributed by atoms with Gasteiger partial charge in [-0.1, -0.05) is 11.2 Å². The molecule has 178 valence electrons. The summed E-state index contributed by atoms with van der Waals surface area (Å²) >= 11 is 0. The Morgan fingerprint density at radius 1 is 1.06 bits per heavy atom. The van der Waals surface area contributed by atoms with Crippen molar-refractivity contribution in [3.05, 3.63) is 77.4 Å². The Kier molecular flexibility index (Phi) is 5.71. The van der Waals surface area contributed by atoms with Crippen LogP contribution in [0.4, 0.5) is 32.0 Å². The van der Waals surface area contributed by atoms with E-state index < -0.39 is 41.0 Å². The molecule has 4 rings (SSSR count). The minimum Gasteiger partial charge on any atom is -0.461 e. The third-order valence-corrected chi connectivity index (χ3v) is 4.90. The molecule has 0 saturated carbocycles. The molecular weight excluding hydrogens is 470 g/mol. The summed E-state index contributed by atoms with van der Waals surface area (Å²) in [5.74, 6) is -0.120. The highest BCUT2D eigenvalue weighted by Crippen LogP contribution is 2.39. The number of rotatable bonds is 5. The maximum atomic E-state index is 13.5. The fraction of sp³-hybridized carbons (Fsp3) is 0.190. The van der Waals surface area contributed by atoms with Crippen LogP contribution in [0.25, 0.3) is 11.5 Å². The summed E-state index contributed by atoms with van der Waals surface area (Å²) in [5.41, 5.74) is -3.22. The second-order valence-corrected chi connectivity index (χ2v) is 7.19. The van der Waals surface area contributed by atoms with Gasteiger partial charge in [0, 0.05) is 12.3 Å². The van der Waals surface area contributed by atoms with Crippen molar-refractivity contribution in [2.75, 3.05) is 5.32 Å². The Morgan fingerprint density at radius 3 is 2.47 bits per heavy atom. The van der Waals surface area contributed by atoms with Crippen molar-refractivity contribution in [2.45, 2.75) is 25.3 Å². The van der Waals surface area contributed by atoms with Gasteiger partial charge in [-0.05, 0) is 36.8 Å². The van der Waals surface area contributed by atoms with E-state index in [-0.39, 0.29) is 23.2 Å². The third kappa shape index (κ3) is 4.67. The molecule has 13 heteroatoms. The van der Waals surface area contributed by atoms with E-state index in [9.17, 15) is 31.1 Å². The molecule has 7 nitrogen and oxygen atoms in total. The quantitative estimate of drug-likeness (QED) is 0.350. The maximum Gasteiger partial charge on any atom is 0.416 e. The van der Waals surface area contributed by atoms with Crippen LogP contribution < -0.4 is 5.32 Å². The van der Waals surface area contributed by atoms with Crippen molar-refractivity contribution >= 4 is 11.6 Å². The van der Waals surface area contributed by atoms with E-state index in [0.717, 1.165) is 10.7 Å². The van der Waals surface area contributed by atoms with Gasteiger partial charge in [0.2, 0.25) is 5.76 Å². The first-order valence-electron chi connectivity index (χ1n) is 9.58. The van der Waals surface area contributed by atoms with Crippen LogP contribution in [0.1, 0.15) is 40.1 Å². The Balaban J connectivity index is 1.55. The summed E-state index contributed by atoms with van der Waals surface area (Å²) in [5, 5.41) is 10.0. The number of hydrogen-bond acceptors (Lipinski definition) is 5. The molecule has 1 unspecified atom stereocenters. The number of alkyl halides is 6. The van der Waals surface area contributed by atoms with Crippen molar-refractivity contribution in [1.82, 2.24) is 14.9 Å². The number of aromatic nitrogens is 3. The van der Waals surface area contributed by atoms with Crippen molar-refractivity contribution in [3.63, 3.8) is 0 Å². The molecule has 1 atom stereocenters. The topological polar surface area (TPSA) is 86.1 Å². The van der Waals surface area contributed by atoms with Crippen LogP contribution in [-0.4, -0.2) is 20.8 Å². The fourth-order valence-electron chi connectivity index (χ4n) is 3.21. The van der Waals surface area contributed by atoms with Gasteiger partial charge in [0.05, 0.1) is 35.3 Å². The second-order valence-electron chi connectivity index (χ2n) is 7.19. The van der Waals surface area contributed by atoms with Gasteiger partial charge in [0.25, 0.3) is 5.91 Å². The van der Waals surface area contributed by atoms with Crippen molar-refractivity contribution in [3.8, 4) is 11.5 Å². The minimum atomic E-state index is -5.02. The van der Waals surface area contributed by atoms with Gasteiger partial charge < -0.3 is 14.3 Å². The number of furan rings is 1. The van der Waals surface area contributed by atoms with Gasteiger partial charge >= 0.3 is 12.4 Å². The number of hydrogen-bond donors (Lipinski definition) is 1. The largest absolute Gasteiger partial charge is 0.461 e. The molecule has 0 radical (unpaired) electrons. The lowest BCUT2D eigenvalue weighted by atomic mass is 9.98. The number of nitrogens with zero attached hydrogens (tertiary/aromatic N) is 3. The second kappa shape index (κ2) is 8.39. The van der Waals surface area contributed by atoms with Crippen LogP contribution in [-0.2, 0) is 12.4 Å². The van der Waals surface area contributed by atoms with E-state index in [1.54, 1.807) is 12.1 Å². The van der Waals surface area contributed by atoms with E-state index in [4.69, 9.17) is 8.94 Å². The number of halogens is 6. The molecular formula is C21H14F6N4O3. The zero-order valence-electron chi connectivity index (χ0n) is 17.1. The predicted molar refractivity (Wildman–Crippen MR) is 105 cm³/mol. The molecule has 0 aliphatic heterocycles. The zero-order valence-corrected chi connectivity index (χ0v) is 17.1. The molecule has 0 bridgehead atoms. The lowest BCUT2D eigenvalue weighted by Gasteiger charge is -2.20. The van der Waals surface area contributed by atoms with Gasteiger partial charge in [-0.25, -0.2) is 0 Å². The molecule has 0 saturated heterocycles. The molecule has 0 aliphatic rings. The third-order valence-electron chi connectivity index (χ3n) is 4.90. The summed E-state index contributed by atoms with van der Waals surface area (Å²) < 4.78 is 90.5. The summed E-state index contributed by atoms with van der Waals surface area (Å²) in [6.07, 6.45) is -6.11. The number of anilines is 1. The molecule has 34 heavy (non-hydrogen) atoms. The Bertz CT molecular complexity index is 1300. The maximum absolute atomic E-state index is 13.5. The number of benzene rings is 1. The summed E-state index contributed by atoms with van der Waals surface area (Å²) in [4.78, 5) is 12.4. The Labute approximate surface area is 186 Å². The first kappa shape index (κ1) is 23.1. The van der Waals surface area contributed by atoms with Crippen LogP contribution in [0.15, 0.2) is 64.0 Å². The fourth-order valence-corrected chi connectivity index (χ4v) is 3.21. The average molecular weight is 484 g/mol. The Hall–Kier alpha value is -4.03. The van der Waals surface area contributed by atoms with Crippen LogP contribution >= 0.6 is 0 Å². The number of carbonyl (C=O) groups is 1. The normalized spacial score (nSPS) is 13.1. The van der Waals surface area contributed by atoms with Gasteiger partial charge in [-0.2, -0.15) is 31.4 Å². The highest BCUT2D eigenvalue weighted by atomic mass is 19.4. The number of nitrogens with one attached hydrogen (secondary N) is 1. The van der Waals surface area contributed by atoms with Gasteiger partial charge in [-0.3, -0.25) is 9.48 Å². The van der Waals surface area contributed by atoms with E-state index in [2.05, 4.69) is 15.6 Å². The number of amides is 1. The lowest BCUT2D eigenvalue weighted by molar-refractivity contribution is -0.143.